The number of hydrogen-bond acceptors (Lipinski definition) is 3. The number of hydrogen-bond donors (Lipinski definition) is 1. The van der Waals surface area contributed by atoms with Crippen molar-refractivity contribution in [3.8, 4) is 11.3 Å². The van der Waals surface area contributed by atoms with E-state index in [1.54, 1.807) is 12.1 Å². The minimum atomic E-state index is -0.174. The van der Waals surface area contributed by atoms with Gasteiger partial charge >= 0.3 is 0 Å². The van der Waals surface area contributed by atoms with Crippen molar-refractivity contribution in [3.05, 3.63) is 84.4 Å². The van der Waals surface area contributed by atoms with Gasteiger partial charge in [-0.3, -0.25) is 4.79 Å². The average molecular weight is 314 g/mol. The predicted molar refractivity (Wildman–Crippen MR) is 93.8 cm³/mol. The number of rotatable bonds is 3. The zero-order valence-corrected chi connectivity index (χ0v) is 12.8. The van der Waals surface area contributed by atoms with Gasteiger partial charge in [-0.2, -0.15) is 0 Å². The van der Waals surface area contributed by atoms with Crippen molar-refractivity contribution in [2.24, 2.45) is 0 Å². The molecule has 0 saturated carbocycles. The Bertz CT molecular complexity index is 992. The summed E-state index contributed by atoms with van der Waals surface area (Å²) < 4.78 is 5.47. The zero-order valence-electron chi connectivity index (χ0n) is 12.8. The highest BCUT2D eigenvalue weighted by Crippen LogP contribution is 2.29. The molecule has 3 aromatic carbocycles. The van der Waals surface area contributed by atoms with Gasteiger partial charge in [0.1, 0.15) is 5.52 Å². The van der Waals surface area contributed by atoms with Gasteiger partial charge in [-0.25, -0.2) is 0 Å². The summed E-state index contributed by atoms with van der Waals surface area (Å²) in [5.41, 5.74) is 2.92. The monoisotopic (exact) mass is 314 g/mol. The molecule has 0 spiro atoms. The fourth-order valence-corrected chi connectivity index (χ4v) is 2.61. The van der Waals surface area contributed by atoms with Crippen LogP contribution in [0.5, 0.6) is 0 Å². The molecule has 4 rings (SSSR count). The first-order valence-corrected chi connectivity index (χ1v) is 7.62. The molecule has 4 aromatic rings. The first kappa shape index (κ1) is 14.2. The molecule has 24 heavy (non-hydrogen) atoms. The van der Waals surface area contributed by atoms with Crippen molar-refractivity contribution in [1.29, 1.82) is 0 Å². The van der Waals surface area contributed by atoms with Crippen LogP contribution >= 0.6 is 0 Å². The number of nitrogens with one attached hydrogen (secondary N) is 1. The maximum absolute atomic E-state index is 12.4. The van der Waals surface area contributed by atoms with E-state index in [0.29, 0.717) is 16.8 Å². The van der Waals surface area contributed by atoms with E-state index >= 15 is 0 Å². The Balaban J connectivity index is 1.66. The molecular formula is C20H14N2O2. The van der Waals surface area contributed by atoms with Gasteiger partial charge in [-0.05, 0) is 30.3 Å². The molecule has 1 amide bonds. The largest absolute Gasteiger partial charge is 0.355 e. The van der Waals surface area contributed by atoms with Crippen LogP contribution in [0.4, 0.5) is 5.69 Å². The molecule has 0 bridgehead atoms. The Hall–Kier alpha value is -3.40. The smallest absolute Gasteiger partial charge is 0.255 e. The van der Waals surface area contributed by atoms with Gasteiger partial charge in [0.15, 0.2) is 5.76 Å². The number of fused-ring (bicyclic) bond motifs is 1. The van der Waals surface area contributed by atoms with E-state index in [4.69, 9.17) is 4.52 Å². The summed E-state index contributed by atoms with van der Waals surface area (Å²) in [6, 6.07) is 24.5. The quantitative estimate of drug-likeness (QED) is 0.594. The van der Waals surface area contributed by atoms with Crippen LogP contribution in [0.15, 0.2) is 83.4 Å². The van der Waals surface area contributed by atoms with Crippen LogP contribution in [-0.2, 0) is 0 Å². The molecule has 4 nitrogen and oxygen atoms in total. The van der Waals surface area contributed by atoms with Crippen molar-refractivity contribution in [2.75, 3.05) is 5.32 Å². The summed E-state index contributed by atoms with van der Waals surface area (Å²) in [5, 5.41) is 7.84. The number of aromatic nitrogens is 1. The Morgan fingerprint density at radius 2 is 1.58 bits per heavy atom. The van der Waals surface area contributed by atoms with Crippen molar-refractivity contribution in [1.82, 2.24) is 5.16 Å². The minimum absolute atomic E-state index is 0.174. The Labute approximate surface area is 138 Å². The van der Waals surface area contributed by atoms with E-state index < -0.39 is 0 Å². The van der Waals surface area contributed by atoms with Crippen molar-refractivity contribution >= 4 is 22.5 Å². The van der Waals surface area contributed by atoms with E-state index in [2.05, 4.69) is 10.5 Å². The molecule has 0 radical (unpaired) electrons. The molecular weight excluding hydrogens is 300 g/mol. The zero-order chi connectivity index (χ0) is 16.4. The first-order chi connectivity index (χ1) is 11.8. The number of carbonyl (C=O) groups excluding carboxylic acids is 1. The molecule has 4 heteroatoms. The second-order valence-electron chi connectivity index (χ2n) is 5.43. The van der Waals surface area contributed by atoms with E-state index in [1.807, 2.05) is 66.7 Å². The topological polar surface area (TPSA) is 55.1 Å². The number of para-hydroxylation sites is 1. The lowest BCUT2D eigenvalue weighted by atomic mass is 10.1. The van der Waals surface area contributed by atoms with E-state index in [9.17, 15) is 4.79 Å². The minimum Gasteiger partial charge on any atom is -0.355 e. The number of nitrogens with zero attached hydrogens (tertiary/aromatic N) is 1. The molecule has 0 aliphatic carbocycles. The molecule has 0 fully saturated rings. The molecule has 0 atom stereocenters. The summed E-state index contributed by atoms with van der Waals surface area (Å²) in [6.45, 7) is 0. The maximum Gasteiger partial charge on any atom is 0.255 e. The third-order valence-corrected chi connectivity index (χ3v) is 3.81. The lowest BCUT2D eigenvalue weighted by Gasteiger charge is -2.04. The van der Waals surface area contributed by atoms with Gasteiger partial charge in [0.05, 0.1) is 0 Å². The fourth-order valence-electron chi connectivity index (χ4n) is 2.61. The highest BCUT2D eigenvalue weighted by Gasteiger charge is 2.13. The predicted octanol–water partition coefficient (Wildman–Crippen LogP) is 4.75. The normalized spacial score (nSPS) is 10.7. The molecule has 1 heterocycles. The SMILES string of the molecule is O=C(Nc1ccccc1)c1ccc2c(-c3ccccc3)onc2c1. The number of carbonyl (C=O) groups is 1. The molecule has 0 unspecified atom stereocenters. The number of anilines is 1. The summed E-state index contributed by atoms with van der Waals surface area (Å²) in [6.07, 6.45) is 0. The Kier molecular flexibility index (Phi) is 3.56. The first-order valence-electron chi connectivity index (χ1n) is 7.62. The van der Waals surface area contributed by atoms with Gasteiger partial charge in [0, 0.05) is 22.2 Å². The summed E-state index contributed by atoms with van der Waals surface area (Å²) >= 11 is 0. The van der Waals surface area contributed by atoms with Crippen molar-refractivity contribution in [3.63, 3.8) is 0 Å². The van der Waals surface area contributed by atoms with E-state index in [1.165, 1.54) is 0 Å². The van der Waals surface area contributed by atoms with Crippen LogP contribution in [0.2, 0.25) is 0 Å². The molecule has 0 aliphatic rings. The van der Waals surface area contributed by atoms with Gasteiger partial charge in [0.25, 0.3) is 5.91 Å². The number of amides is 1. The van der Waals surface area contributed by atoms with Crippen LogP contribution in [0, 0.1) is 0 Å². The Morgan fingerprint density at radius 3 is 2.33 bits per heavy atom. The fraction of sp³-hybridized carbons (Fsp3) is 0. The second-order valence-corrected chi connectivity index (χ2v) is 5.43. The lowest BCUT2D eigenvalue weighted by Crippen LogP contribution is -2.11. The van der Waals surface area contributed by atoms with Gasteiger partial charge in [-0.15, -0.1) is 0 Å². The maximum atomic E-state index is 12.4. The Morgan fingerprint density at radius 1 is 0.875 bits per heavy atom. The molecule has 1 N–H and O–H groups in total. The van der Waals surface area contributed by atoms with Crippen LogP contribution in [0.25, 0.3) is 22.2 Å². The standard InChI is InChI=1S/C20H14N2O2/c23-20(21-16-9-5-2-6-10-16)15-11-12-17-18(13-15)22-24-19(17)14-7-3-1-4-8-14/h1-13H,(H,21,23). The van der Waals surface area contributed by atoms with Gasteiger partial charge < -0.3 is 9.84 Å². The van der Waals surface area contributed by atoms with Gasteiger partial charge in [0.2, 0.25) is 0 Å². The highest BCUT2D eigenvalue weighted by molar-refractivity contribution is 6.07. The average Bonchev–Trinajstić information content (AvgIpc) is 3.06. The third kappa shape index (κ3) is 2.65. The summed E-state index contributed by atoms with van der Waals surface area (Å²) in [7, 11) is 0. The lowest BCUT2D eigenvalue weighted by molar-refractivity contribution is 0.102. The van der Waals surface area contributed by atoms with E-state index in [0.717, 1.165) is 16.6 Å². The summed E-state index contributed by atoms with van der Waals surface area (Å²) in [4.78, 5) is 12.4. The molecule has 1 aromatic heterocycles. The van der Waals surface area contributed by atoms with Crippen LogP contribution in [0.1, 0.15) is 10.4 Å². The molecule has 0 aliphatic heterocycles. The molecule has 116 valence electrons. The van der Waals surface area contributed by atoms with E-state index in [-0.39, 0.29) is 5.91 Å². The van der Waals surface area contributed by atoms with Gasteiger partial charge in [-0.1, -0.05) is 53.7 Å². The van der Waals surface area contributed by atoms with Crippen LogP contribution < -0.4 is 5.32 Å². The second kappa shape index (κ2) is 6.01. The third-order valence-electron chi connectivity index (χ3n) is 3.81. The highest BCUT2D eigenvalue weighted by atomic mass is 16.5. The van der Waals surface area contributed by atoms with Crippen molar-refractivity contribution < 1.29 is 9.32 Å². The summed E-state index contributed by atoms with van der Waals surface area (Å²) in [5.74, 6) is 0.535. The van der Waals surface area contributed by atoms with Crippen LogP contribution in [-0.4, -0.2) is 11.1 Å². The van der Waals surface area contributed by atoms with Crippen LogP contribution in [0.3, 0.4) is 0 Å². The van der Waals surface area contributed by atoms with Crippen molar-refractivity contribution in [2.45, 2.75) is 0 Å². The number of benzene rings is 3. The molecule has 0 saturated heterocycles.